The molecular formula is C21H26N2O4. The van der Waals surface area contributed by atoms with Crippen LogP contribution >= 0.6 is 0 Å². The molecule has 27 heavy (non-hydrogen) atoms. The molecule has 0 fully saturated rings. The van der Waals surface area contributed by atoms with Gasteiger partial charge in [-0.1, -0.05) is 24.3 Å². The highest BCUT2D eigenvalue weighted by Gasteiger charge is 2.22. The molecule has 0 aliphatic heterocycles. The molecule has 1 unspecified atom stereocenters. The van der Waals surface area contributed by atoms with E-state index in [-0.39, 0.29) is 18.9 Å². The summed E-state index contributed by atoms with van der Waals surface area (Å²) in [6.45, 7) is 2.00. The Labute approximate surface area is 159 Å². The van der Waals surface area contributed by atoms with Crippen molar-refractivity contribution in [3.05, 3.63) is 59.7 Å². The van der Waals surface area contributed by atoms with Gasteiger partial charge in [0.05, 0.1) is 13.7 Å². The largest absolute Gasteiger partial charge is 0.497 e. The number of rotatable bonds is 9. The Morgan fingerprint density at radius 3 is 2.26 bits per heavy atom. The summed E-state index contributed by atoms with van der Waals surface area (Å²) in [5.74, 6) is 0.139. The number of hydrogen-bond donors (Lipinski definition) is 2. The second kappa shape index (κ2) is 10.2. The number of aryl methyl sites for hydroxylation is 1. The van der Waals surface area contributed by atoms with Gasteiger partial charge < -0.3 is 20.5 Å². The van der Waals surface area contributed by atoms with E-state index in [4.69, 9.17) is 15.2 Å². The van der Waals surface area contributed by atoms with E-state index in [1.54, 1.807) is 26.2 Å². The van der Waals surface area contributed by atoms with Crippen LogP contribution in [0.15, 0.2) is 48.5 Å². The molecule has 6 nitrogen and oxygen atoms in total. The first-order valence-corrected chi connectivity index (χ1v) is 8.95. The van der Waals surface area contributed by atoms with Crippen LogP contribution < -0.4 is 15.8 Å². The number of hydrogen-bond acceptors (Lipinski definition) is 5. The number of methoxy groups -OCH3 is 1. The SMILES string of the molecule is CCOC(=O)C(Cc1ccc(N)cc1)NC(=O)CCc1ccc(OC)cc1. The molecule has 3 N–H and O–H groups in total. The molecule has 2 aromatic carbocycles. The summed E-state index contributed by atoms with van der Waals surface area (Å²) in [6, 6.07) is 14.0. The average molecular weight is 370 g/mol. The van der Waals surface area contributed by atoms with Crippen molar-refractivity contribution in [1.82, 2.24) is 5.32 Å². The van der Waals surface area contributed by atoms with E-state index in [1.165, 1.54) is 0 Å². The third kappa shape index (κ3) is 6.66. The third-order valence-corrected chi connectivity index (χ3v) is 4.13. The van der Waals surface area contributed by atoms with Crippen LogP contribution in [0.5, 0.6) is 5.75 Å². The second-order valence-electron chi connectivity index (χ2n) is 6.17. The molecule has 1 amide bonds. The Morgan fingerprint density at radius 1 is 1.04 bits per heavy atom. The van der Waals surface area contributed by atoms with Crippen molar-refractivity contribution in [2.75, 3.05) is 19.5 Å². The quantitative estimate of drug-likeness (QED) is 0.523. The first kappa shape index (κ1) is 20.3. The first-order valence-electron chi connectivity index (χ1n) is 8.95. The summed E-state index contributed by atoms with van der Waals surface area (Å²) in [6.07, 6.45) is 1.21. The maximum Gasteiger partial charge on any atom is 0.328 e. The van der Waals surface area contributed by atoms with Gasteiger partial charge >= 0.3 is 5.97 Å². The molecule has 2 aromatic rings. The fourth-order valence-corrected chi connectivity index (χ4v) is 2.64. The zero-order valence-corrected chi connectivity index (χ0v) is 15.7. The van der Waals surface area contributed by atoms with Crippen molar-refractivity contribution < 1.29 is 19.1 Å². The second-order valence-corrected chi connectivity index (χ2v) is 6.17. The molecule has 0 aliphatic carbocycles. The van der Waals surface area contributed by atoms with E-state index < -0.39 is 12.0 Å². The highest BCUT2D eigenvalue weighted by Crippen LogP contribution is 2.13. The summed E-state index contributed by atoms with van der Waals surface area (Å²) in [7, 11) is 1.61. The van der Waals surface area contributed by atoms with E-state index in [2.05, 4.69) is 5.32 Å². The van der Waals surface area contributed by atoms with Gasteiger partial charge in [-0.05, 0) is 48.7 Å². The van der Waals surface area contributed by atoms with Crippen LogP contribution in [0, 0.1) is 0 Å². The van der Waals surface area contributed by atoms with E-state index >= 15 is 0 Å². The molecule has 0 spiro atoms. The Hall–Kier alpha value is -3.02. The molecule has 0 radical (unpaired) electrons. The van der Waals surface area contributed by atoms with Crippen LogP contribution in [0.25, 0.3) is 0 Å². The van der Waals surface area contributed by atoms with Gasteiger partial charge in [-0.25, -0.2) is 4.79 Å². The van der Waals surface area contributed by atoms with E-state index in [0.717, 1.165) is 16.9 Å². The molecule has 0 heterocycles. The zero-order chi connectivity index (χ0) is 19.6. The van der Waals surface area contributed by atoms with E-state index in [0.29, 0.717) is 18.5 Å². The minimum Gasteiger partial charge on any atom is -0.497 e. The van der Waals surface area contributed by atoms with Crippen molar-refractivity contribution in [2.45, 2.75) is 32.2 Å². The molecule has 1 atom stereocenters. The normalized spacial score (nSPS) is 11.5. The van der Waals surface area contributed by atoms with Crippen LogP contribution in [0.1, 0.15) is 24.5 Å². The number of nitrogens with two attached hydrogens (primary N) is 1. The van der Waals surface area contributed by atoms with Gasteiger partial charge in [0.15, 0.2) is 0 Å². The number of nitrogen functional groups attached to an aromatic ring is 1. The van der Waals surface area contributed by atoms with Gasteiger partial charge in [-0.15, -0.1) is 0 Å². The van der Waals surface area contributed by atoms with Gasteiger partial charge in [0.25, 0.3) is 0 Å². The topological polar surface area (TPSA) is 90.6 Å². The number of ether oxygens (including phenoxy) is 2. The van der Waals surface area contributed by atoms with Crippen LogP contribution in [0.2, 0.25) is 0 Å². The highest BCUT2D eigenvalue weighted by atomic mass is 16.5. The molecule has 0 saturated heterocycles. The van der Waals surface area contributed by atoms with Crippen molar-refractivity contribution in [3.63, 3.8) is 0 Å². The van der Waals surface area contributed by atoms with Gasteiger partial charge in [-0.3, -0.25) is 4.79 Å². The van der Waals surface area contributed by atoms with Crippen LogP contribution in [0.3, 0.4) is 0 Å². The van der Waals surface area contributed by atoms with Crippen LogP contribution in [-0.2, 0) is 27.2 Å². The molecule has 0 aromatic heterocycles. The first-order chi connectivity index (χ1) is 13.0. The van der Waals surface area contributed by atoms with Crippen LogP contribution in [-0.4, -0.2) is 31.6 Å². The standard InChI is InChI=1S/C21H26N2O4/c1-3-27-21(25)19(14-16-4-9-17(22)10-5-16)23-20(24)13-8-15-6-11-18(26-2)12-7-15/h4-7,9-12,19H,3,8,13-14,22H2,1-2H3,(H,23,24). The number of benzene rings is 2. The summed E-state index contributed by atoms with van der Waals surface area (Å²) in [5.41, 5.74) is 8.26. The molecule has 0 saturated carbocycles. The predicted molar refractivity (Wildman–Crippen MR) is 104 cm³/mol. The Balaban J connectivity index is 1.94. The summed E-state index contributed by atoms with van der Waals surface area (Å²) < 4.78 is 10.2. The number of nitrogens with one attached hydrogen (secondary N) is 1. The molecule has 144 valence electrons. The van der Waals surface area contributed by atoms with Gasteiger partial charge in [0.2, 0.25) is 5.91 Å². The van der Waals surface area contributed by atoms with Crippen molar-refractivity contribution in [3.8, 4) is 5.75 Å². The Morgan fingerprint density at radius 2 is 1.67 bits per heavy atom. The fourth-order valence-electron chi connectivity index (χ4n) is 2.64. The lowest BCUT2D eigenvalue weighted by Crippen LogP contribution is -2.43. The highest BCUT2D eigenvalue weighted by molar-refractivity contribution is 5.84. The summed E-state index contributed by atoms with van der Waals surface area (Å²) >= 11 is 0. The molecule has 2 rings (SSSR count). The Bertz CT molecular complexity index is 742. The minimum atomic E-state index is -0.725. The number of esters is 1. The van der Waals surface area contributed by atoms with Crippen molar-refractivity contribution in [2.24, 2.45) is 0 Å². The van der Waals surface area contributed by atoms with E-state index in [1.807, 2.05) is 36.4 Å². The zero-order valence-electron chi connectivity index (χ0n) is 15.7. The van der Waals surface area contributed by atoms with Gasteiger partial charge in [0.1, 0.15) is 11.8 Å². The fraction of sp³-hybridized carbons (Fsp3) is 0.333. The smallest absolute Gasteiger partial charge is 0.328 e. The lowest BCUT2D eigenvalue weighted by atomic mass is 10.0. The number of carbonyl (C=O) groups is 2. The van der Waals surface area contributed by atoms with Gasteiger partial charge in [-0.2, -0.15) is 0 Å². The predicted octanol–water partition coefficient (Wildman–Crippen LogP) is 2.50. The summed E-state index contributed by atoms with van der Waals surface area (Å²) in [4.78, 5) is 24.6. The number of anilines is 1. The Kier molecular flexibility index (Phi) is 7.67. The summed E-state index contributed by atoms with van der Waals surface area (Å²) in [5, 5.41) is 2.79. The van der Waals surface area contributed by atoms with Crippen LogP contribution in [0.4, 0.5) is 5.69 Å². The number of carbonyl (C=O) groups excluding carboxylic acids is 2. The maximum absolute atomic E-state index is 12.3. The monoisotopic (exact) mass is 370 g/mol. The van der Waals surface area contributed by atoms with E-state index in [9.17, 15) is 9.59 Å². The molecule has 0 aliphatic rings. The van der Waals surface area contributed by atoms with Gasteiger partial charge in [0, 0.05) is 18.5 Å². The average Bonchev–Trinajstić information content (AvgIpc) is 2.68. The number of amides is 1. The molecule has 6 heteroatoms. The third-order valence-electron chi connectivity index (χ3n) is 4.13. The molecule has 0 bridgehead atoms. The van der Waals surface area contributed by atoms with Crippen molar-refractivity contribution in [1.29, 1.82) is 0 Å². The lowest BCUT2D eigenvalue weighted by molar-refractivity contribution is -0.147. The minimum absolute atomic E-state index is 0.195. The molecular weight excluding hydrogens is 344 g/mol. The van der Waals surface area contributed by atoms with Crippen molar-refractivity contribution >= 4 is 17.6 Å². The lowest BCUT2D eigenvalue weighted by Gasteiger charge is -2.17. The maximum atomic E-state index is 12.3.